The normalized spacial score (nSPS) is 38.5. The van der Waals surface area contributed by atoms with E-state index in [2.05, 4.69) is 29.5 Å². The molecule has 1 nitrogen and oxygen atoms in total. The molecule has 0 amide bonds. The zero-order valence-electron chi connectivity index (χ0n) is 8.69. The van der Waals surface area contributed by atoms with Gasteiger partial charge in [0.2, 0.25) is 0 Å². The lowest BCUT2D eigenvalue weighted by atomic mass is 9.92. The summed E-state index contributed by atoms with van der Waals surface area (Å²) in [5, 5.41) is 0. The third-order valence-corrected chi connectivity index (χ3v) is 4.12. The van der Waals surface area contributed by atoms with Crippen LogP contribution in [-0.4, -0.2) is 9.46 Å². The van der Waals surface area contributed by atoms with E-state index >= 15 is 0 Å². The van der Waals surface area contributed by atoms with E-state index in [9.17, 15) is 0 Å². The van der Waals surface area contributed by atoms with Gasteiger partial charge in [-0.25, -0.2) is 0 Å². The first-order valence-electron chi connectivity index (χ1n) is 5.55. The minimum absolute atomic E-state index is 0.477. The van der Waals surface area contributed by atoms with Gasteiger partial charge in [0.05, 0.1) is 0 Å². The SMILES string of the molecule is CC1(I)CCCCCC(N)CCC1. The van der Waals surface area contributed by atoms with Crippen LogP contribution >= 0.6 is 22.6 Å². The Kier molecular flexibility index (Phi) is 5.01. The highest BCUT2D eigenvalue weighted by molar-refractivity contribution is 14.1. The minimum atomic E-state index is 0.477. The summed E-state index contributed by atoms with van der Waals surface area (Å²) in [4.78, 5) is 0. The lowest BCUT2D eigenvalue weighted by Crippen LogP contribution is -2.23. The fourth-order valence-corrected chi connectivity index (χ4v) is 2.84. The van der Waals surface area contributed by atoms with Crippen molar-refractivity contribution in [2.24, 2.45) is 5.73 Å². The second kappa shape index (κ2) is 5.54. The number of alkyl halides is 1. The van der Waals surface area contributed by atoms with E-state index in [1.165, 1.54) is 51.4 Å². The lowest BCUT2D eigenvalue weighted by Gasteiger charge is -2.25. The second-order valence-corrected chi connectivity index (χ2v) is 7.27. The summed E-state index contributed by atoms with van der Waals surface area (Å²) in [6, 6.07) is 0.477. The molecule has 0 aliphatic heterocycles. The van der Waals surface area contributed by atoms with E-state index in [0.717, 1.165) is 0 Å². The van der Waals surface area contributed by atoms with Crippen molar-refractivity contribution in [3.63, 3.8) is 0 Å². The zero-order chi connectivity index (χ0) is 9.73. The molecule has 1 rings (SSSR count). The summed E-state index contributed by atoms with van der Waals surface area (Å²) in [5.74, 6) is 0. The van der Waals surface area contributed by atoms with Crippen LogP contribution in [0, 0.1) is 0 Å². The highest BCUT2D eigenvalue weighted by Gasteiger charge is 2.20. The van der Waals surface area contributed by atoms with Gasteiger partial charge in [-0.3, -0.25) is 0 Å². The number of rotatable bonds is 0. The fourth-order valence-electron chi connectivity index (χ4n) is 2.08. The first-order valence-corrected chi connectivity index (χ1v) is 6.62. The van der Waals surface area contributed by atoms with E-state index in [1.807, 2.05) is 0 Å². The third-order valence-electron chi connectivity index (χ3n) is 3.05. The summed E-state index contributed by atoms with van der Waals surface area (Å²) < 4.78 is 0.537. The van der Waals surface area contributed by atoms with Gasteiger partial charge in [-0.05, 0) is 25.7 Å². The van der Waals surface area contributed by atoms with E-state index < -0.39 is 0 Å². The molecule has 0 aromatic carbocycles. The quantitative estimate of drug-likeness (QED) is 0.536. The molecule has 2 heteroatoms. The van der Waals surface area contributed by atoms with E-state index in [-0.39, 0.29) is 0 Å². The zero-order valence-corrected chi connectivity index (χ0v) is 10.8. The largest absolute Gasteiger partial charge is 0.328 e. The summed E-state index contributed by atoms with van der Waals surface area (Å²) in [7, 11) is 0. The van der Waals surface area contributed by atoms with Crippen LogP contribution in [-0.2, 0) is 0 Å². The fraction of sp³-hybridized carbons (Fsp3) is 1.00. The van der Waals surface area contributed by atoms with Crippen molar-refractivity contribution in [3.05, 3.63) is 0 Å². The van der Waals surface area contributed by atoms with Gasteiger partial charge >= 0.3 is 0 Å². The van der Waals surface area contributed by atoms with Gasteiger partial charge in [0.15, 0.2) is 0 Å². The van der Waals surface area contributed by atoms with Crippen molar-refractivity contribution in [1.29, 1.82) is 0 Å². The number of hydrogen-bond acceptors (Lipinski definition) is 1. The summed E-state index contributed by atoms with van der Waals surface area (Å²) in [6.07, 6.45) is 10.7. The third kappa shape index (κ3) is 5.21. The molecule has 13 heavy (non-hydrogen) atoms. The molecule has 1 aliphatic rings. The smallest absolute Gasteiger partial charge is 0.0194 e. The highest BCUT2D eigenvalue weighted by Crippen LogP contribution is 2.32. The second-order valence-electron chi connectivity index (χ2n) is 4.66. The predicted octanol–water partition coefficient (Wildman–Crippen LogP) is 3.64. The molecule has 0 aromatic rings. The van der Waals surface area contributed by atoms with E-state index in [4.69, 9.17) is 5.73 Å². The summed E-state index contributed by atoms with van der Waals surface area (Å²) in [6.45, 7) is 2.39. The maximum Gasteiger partial charge on any atom is 0.0194 e. The standard InChI is InChI=1S/C11H22IN/c1-11(12)8-4-2-3-6-10(13)7-5-9-11/h10H,2-9,13H2,1H3. The van der Waals surface area contributed by atoms with Crippen molar-refractivity contribution in [3.8, 4) is 0 Å². The summed E-state index contributed by atoms with van der Waals surface area (Å²) >= 11 is 2.63. The Morgan fingerprint density at radius 2 is 1.69 bits per heavy atom. The minimum Gasteiger partial charge on any atom is -0.328 e. The van der Waals surface area contributed by atoms with Crippen LogP contribution in [0.3, 0.4) is 0 Å². The Labute approximate surface area is 96.0 Å². The number of hydrogen-bond donors (Lipinski definition) is 1. The molecule has 1 aliphatic carbocycles. The molecule has 78 valence electrons. The Balaban J connectivity index is 2.35. The first kappa shape index (κ1) is 11.8. The molecular formula is C11H22IN. The Bertz CT molecular complexity index is 145. The maximum absolute atomic E-state index is 6.01. The average molecular weight is 295 g/mol. The van der Waals surface area contributed by atoms with Gasteiger partial charge in [0.25, 0.3) is 0 Å². The molecular weight excluding hydrogens is 273 g/mol. The Morgan fingerprint density at radius 3 is 2.46 bits per heavy atom. The van der Waals surface area contributed by atoms with Crippen LogP contribution in [0.2, 0.25) is 0 Å². The van der Waals surface area contributed by atoms with E-state index in [1.54, 1.807) is 0 Å². The van der Waals surface area contributed by atoms with Gasteiger partial charge in [0.1, 0.15) is 0 Å². The van der Waals surface area contributed by atoms with Gasteiger partial charge in [-0.1, -0.05) is 55.2 Å². The summed E-state index contributed by atoms with van der Waals surface area (Å²) in [5.41, 5.74) is 6.01. The van der Waals surface area contributed by atoms with Gasteiger partial charge in [-0.15, -0.1) is 0 Å². The van der Waals surface area contributed by atoms with Crippen molar-refractivity contribution < 1.29 is 0 Å². The van der Waals surface area contributed by atoms with Crippen LogP contribution in [0.15, 0.2) is 0 Å². The van der Waals surface area contributed by atoms with Crippen molar-refractivity contribution in [2.45, 2.75) is 67.8 Å². The Morgan fingerprint density at radius 1 is 1.08 bits per heavy atom. The topological polar surface area (TPSA) is 26.0 Å². The Hall–Kier alpha value is 0.690. The molecule has 0 heterocycles. The van der Waals surface area contributed by atoms with Crippen molar-refractivity contribution in [2.75, 3.05) is 0 Å². The number of halogens is 1. The molecule has 0 spiro atoms. The van der Waals surface area contributed by atoms with Crippen molar-refractivity contribution in [1.82, 2.24) is 0 Å². The molecule has 0 bridgehead atoms. The molecule has 1 saturated carbocycles. The van der Waals surface area contributed by atoms with Crippen LogP contribution in [0.25, 0.3) is 0 Å². The molecule has 2 N–H and O–H groups in total. The number of nitrogens with two attached hydrogens (primary N) is 1. The van der Waals surface area contributed by atoms with Crippen LogP contribution in [0.1, 0.15) is 58.3 Å². The molecule has 0 aromatic heterocycles. The predicted molar refractivity (Wildman–Crippen MR) is 67.3 cm³/mol. The molecule has 0 radical (unpaired) electrons. The van der Waals surface area contributed by atoms with Crippen LogP contribution in [0.5, 0.6) is 0 Å². The lowest BCUT2D eigenvalue weighted by molar-refractivity contribution is 0.430. The van der Waals surface area contributed by atoms with Crippen LogP contribution < -0.4 is 5.73 Å². The van der Waals surface area contributed by atoms with Gasteiger partial charge in [0, 0.05) is 9.46 Å². The maximum atomic E-state index is 6.01. The average Bonchev–Trinajstić information content (AvgIpc) is 2.02. The molecule has 1 fully saturated rings. The van der Waals surface area contributed by atoms with Crippen LogP contribution in [0.4, 0.5) is 0 Å². The monoisotopic (exact) mass is 295 g/mol. The first-order chi connectivity index (χ1) is 6.10. The highest BCUT2D eigenvalue weighted by atomic mass is 127. The van der Waals surface area contributed by atoms with Crippen molar-refractivity contribution >= 4 is 22.6 Å². The molecule has 2 unspecified atom stereocenters. The molecule has 2 atom stereocenters. The van der Waals surface area contributed by atoms with Gasteiger partial charge < -0.3 is 5.73 Å². The molecule has 0 saturated heterocycles. The van der Waals surface area contributed by atoms with Gasteiger partial charge in [-0.2, -0.15) is 0 Å². The van der Waals surface area contributed by atoms with E-state index in [0.29, 0.717) is 9.46 Å².